The molecule has 52 valence electrons. The van der Waals surface area contributed by atoms with E-state index in [1.165, 1.54) is 31.4 Å². The summed E-state index contributed by atoms with van der Waals surface area (Å²) in [6, 6.07) is 1.78. The van der Waals surface area contributed by atoms with Crippen molar-refractivity contribution in [1.82, 2.24) is 0 Å². The highest BCUT2D eigenvalue weighted by Crippen LogP contribution is 1.79. The predicted molar refractivity (Wildman–Crippen MR) is 35.9 cm³/mol. The van der Waals surface area contributed by atoms with Crippen LogP contribution in [0, 0.1) is 11.3 Å². The Morgan fingerprint density at radius 1 is 1.60 bits per heavy atom. The Morgan fingerprint density at radius 3 is 2.80 bits per heavy atom. The third kappa shape index (κ3) is 4.60. The van der Waals surface area contributed by atoms with Crippen molar-refractivity contribution < 1.29 is 9.53 Å². The van der Waals surface area contributed by atoms with E-state index in [-0.39, 0.29) is 0 Å². The number of nitrogens with zero attached hydrogens (tertiary/aromatic N) is 1. The number of rotatable bonds is 2. The Hall–Kier alpha value is -1.56. The molecular formula is C7H7NO2. The van der Waals surface area contributed by atoms with Crippen LogP contribution in [-0.4, -0.2) is 13.1 Å². The van der Waals surface area contributed by atoms with Crippen molar-refractivity contribution in [2.75, 3.05) is 7.11 Å². The van der Waals surface area contributed by atoms with Gasteiger partial charge in [0.15, 0.2) is 0 Å². The normalized spacial score (nSPS) is 10.0. The minimum Gasteiger partial charge on any atom is -0.466 e. The van der Waals surface area contributed by atoms with Crippen molar-refractivity contribution in [3.8, 4) is 6.07 Å². The lowest BCUT2D eigenvalue weighted by molar-refractivity contribution is -0.134. The summed E-state index contributed by atoms with van der Waals surface area (Å²) in [5, 5.41) is 8.00. The Balaban J connectivity index is 3.68. The summed E-state index contributed by atoms with van der Waals surface area (Å²) in [6.07, 6.45) is 5.39. The molecule has 0 bridgehead atoms. The summed E-state index contributed by atoms with van der Waals surface area (Å²) in [4.78, 5) is 10.3. The smallest absolute Gasteiger partial charge is 0.330 e. The summed E-state index contributed by atoms with van der Waals surface area (Å²) in [5.74, 6) is -0.428. The molecule has 0 radical (unpaired) electrons. The maximum atomic E-state index is 10.3. The van der Waals surface area contributed by atoms with Gasteiger partial charge in [0.05, 0.1) is 13.2 Å². The van der Waals surface area contributed by atoms with Crippen LogP contribution in [0.4, 0.5) is 0 Å². The van der Waals surface area contributed by atoms with Gasteiger partial charge < -0.3 is 4.74 Å². The maximum Gasteiger partial charge on any atom is 0.330 e. The van der Waals surface area contributed by atoms with Crippen LogP contribution in [0.15, 0.2) is 24.3 Å². The number of allylic oxidation sites excluding steroid dienone is 3. The number of hydrogen-bond acceptors (Lipinski definition) is 3. The van der Waals surface area contributed by atoms with Crippen LogP contribution < -0.4 is 0 Å². The van der Waals surface area contributed by atoms with E-state index in [9.17, 15) is 4.79 Å². The van der Waals surface area contributed by atoms with Gasteiger partial charge in [-0.15, -0.1) is 0 Å². The minimum absolute atomic E-state index is 0.428. The fraction of sp³-hybridized carbons (Fsp3) is 0.143. The average molecular weight is 137 g/mol. The van der Waals surface area contributed by atoms with Crippen molar-refractivity contribution in [2.24, 2.45) is 0 Å². The molecule has 0 rings (SSSR count). The topological polar surface area (TPSA) is 50.1 Å². The highest BCUT2D eigenvalue weighted by Gasteiger charge is 1.85. The van der Waals surface area contributed by atoms with Crippen LogP contribution in [0.1, 0.15) is 0 Å². The molecule has 0 aromatic heterocycles. The number of nitriles is 1. The first-order valence-electron chi connectivity index (χ1n) is 2.62. The largest absolute Gasteiger partial charge is 0.466 e. The van der Waals surface area contributed by atoms with Gasteiger partial charge in [-0.1, -0.05) is 12.2 Å². The zero-order chi connectivity index (χ0) is 7.82. The Bertz CT molecular complexity index is 198. The Morgan fingerprint density at radius 2 is 2.30 bits per heavy atom. The van der Waals surface area contributed by atoms with E-state index in [4.69, 9.17) is 5.26 Å². The number of hydrogen-bond donors (Lipinski definition) is 0. The van der Waals surface area contributed by atoms with Gasteiger partial charge in [-0.3, -0.25) is 0 Å². The average Bonchev–Trinajstić information content (AvgIpc) is 1.98. The summed E-state index contributed by atoms with van der Waals surface area (Å²) < 4.78 is 4.29. The third-order valence-corrected chi connectivity index (χ3v) is 0.715. The van der Waals surface area contributed by atoms with Crippen LogP contribution in [0.5, 0.6) is 0 Å². The van der Waals surface area contributed by atoms with Crippen molar-refractivity contribution in [3.63, 3.8) is 0 Å². The van der Waals surface area contributed by atoms with Gasteiger partial charge in [0.2, 0.25) is 0 Å². The van der Waals surface area contributed by atoms with E-state index in [0.29, 0.717) is 0 Å². The first-order valence-corrected chi connectivity index (χ1v) is 2.62. The molecule has 0 aromatic rings. The predicted octanol–water partition coefficient (Wildman–Crippen LogP) is 0.795. The molecule has 0 saturated heterocycles. The van der Waals surface area contributed by atoms with Gasteiger partial charge in [-0.2, -0.15) is 5.26 Å². The van der Waals surface area contributed by atoms with Crippen LogP contribution >= 0.6 is 0 Å². The lowest BCUT2D eigenvalue weighted by Gasteiger charge is -1.85. The van der Waals surface area contributed by atoms with Gasteiger partial charge >= 0.3 is 5.97 Å². The second-order valence-corrected chi connectivity index (χ2v) is 1.37. The number of ether oxygens (including phenoxy) is 1. The molecule has 10 heavy (non-hydrogen) atoms. The Kier molecular flexibility index (Phi) is 4.70. The molecule has 0 aliphatic carbocycles. The van der Waals surface area contributed by atoms with Crippen molar-refractivity contribution in [2.45, 2.75) is 0 Å². The van der Waals surface area contributed by atoms with Crippen molar-refractivity contribution >= 4 is 5.97 Å². The molecule has 3 heteroatoms. The maximum absolute atomic E-state index is 10.3. The fourth-order valence-corrected chi connectivity index (χ4v) is 0.301. The van der Waals surface area contributed by atoms with Gasteiger partial charge in [-0.05, 0) is 0 Å². The fourth-order valence-electron chi connectivity index (χ4n) is 0.301. The molecule has 0 unspecified atom stereocenters. The molecule has 0 aliphatic heterocycles. The molecule has 0 aliphatic rings. The second-order valence-electron chi connectivity index (χ2n) is 1.37. The zero-order valence-corrected chi connectivity index (χ0v) is 5.57. The second kappa shape index (κ2) is 5.57. The first-order chi connectivity index (χ1) is 4.81. The van der Waals surface area contributed by atoms with E-state index in [2.05, 4.69) is 4.74 Å². The lowest BCUT2D eigenvalue weighted by atomic mass is 10.4. The standard InChI is InChI=1S/C7H7NO2/c1-10-7(9)5-3-2-4-6-8/h2-5H,1H3/b4-2+,5-3-. The molecule has 0 amide bonds. The number of carbonyl (C=O) groups is 1. The number of methoxy groups -OCH3 is 1. The third-order valence-electron chi connectivity index (χ3n) is 0.715. The zero-order valence-electron chi connectivity index (χ0n) is 5.57. The number of esters is 1. The monoisotopic (exact) mass is 137 g/mol. The van der Waals surface area contributed by atoms with Crippen LogP contribution in [0.25, 0.3) is 0 Å². The highest BCUT2D eigenvalue weighted by molar-refractivity contribution is 5.82. The molecule has 0 N–H and O–H groups in total. The van der Waals surface area contributed by atoms with Crippen molar-refractivity contribution in [1.29, 1.82) is 5.26 Å². The van der Waals surface area contributed by atoms with E-state index >= 15 is 0 Å². The molecule has 0 atom stereocenters. The summed E-state index contributed by atoms with van der Waals surface area (Å²) in [5.41, 5.74) is 0. The van der Waals surface area contributed by atoms with E-state index in [0.717, 1.165) is 0 Å². The molecule has 0 aromatic carbocycles. The molecule has 3 nitrogen and oxygen atoms in total. The molecule has 0 spiro atoms. The SMILES string of the molecule is COC(=O)/C=C\C=C\C#N. The molecular weight excluding hydrogens is 130 g/mol. The first kappa shape index (κ1) is 8.44. The van der Waals surface area contributed by atoms with Gasteiger partial charge in [-0.25, -0.2) is 4.79 Å². The van der Waals surface area contributed by atoms with Gasteiger partial charge in [0.25, 0.3) is 0 Å². The number of carbonyl (C=O) groups excluding carboxylic acids is 1. The quantitative estimate of drug-likeness (QED) is 0.245. The van der Waals surface area contributed by atoms with Crippen LogP contribution in [0.2, 0.25) is 0 Å². The molecule has 0 fully saturated rings. The van der Waals surface area contributed by atoms with Gasteiger partial charge in [0.1, 0.15) is 0 Å². The summed E-state index contributed by atoms with van der Waals surface area (Å²) >= 11 is 0. The van der Waals surface area contributed by atoms with E-state index < -0.39 is 5.97 Å². The van der Waals surface area contributed by atoms with Crippen LogP contribution in [0.3, 0.4) is 0 Å². The lowest BCUT2D eigenvalue weighted by Crippen LogP contribution is -1.92. The summed E-state index contributed by atoms with van der Waals surface area (Å²) in [6.45, 7) is 0. The van der Waals surface area contributed by atoms with E-state index in [1.807, 2.05) is 0 Å². The summed E-state index contributed by atoms with van der Waals surface area (Å²) in [7, 11) is 1.29. The Labute approximate surface area is 59.2 Å². The molecule has 0 heterocycles. The van der Waals surface area contributed by atoms with E-state index in [1.54, 1.807) is 6.07 Å². The minimum atomic E-state index is -0.428. The molecule has 0 saturated carbocycles. The van der Waals surface area contributed by atoms with Crippen molar-refractivity contribution in [3.05, 3.63) is 24.3 Å². The van der Waals surface area contributed by atoms with Gasteiger partial charge in [0, 0.05) is 12.2 Å². The van der Waals surface area contributed by atoms with Crippen LogP contribution in [-0.2, 0) is 9.53 Å². The highest BCUT2D eigenvalue weighted by atomic mass is 16.5.